The second-order valence-corrected chi connectivity index (χ2v) is 10.1. The van der Waals surface area contributed by atoms with E-state index in [0.717, 1.165) is 17.1 Å². The van der Waals surface area contributed by atoms with Crippen molar-refractivity contribution in [2.45, 2.75) is 39.5 Å². The highest BCUT2D eigenvalue weighted by Crippen LogP contribution is 2.32. The number of hydrogen-bond donors (Lipinski definition) is 0. The Bertz CT molecular complexity index is 1460. The average molecular weight is 459 g/mol. The van der Waals surface area contributed by atoms with Crippen molar-refractivity contribution in [2.75, 3.05) is 13.1 Å². The van der Waals surface area contributed by atoms with Gasteiger partial charge in [-0.3, -0.25) is 0 Å². The molecule has 0 spiro atoms. The smallest absolute Gasteiger partial charge is 0.206 e. The normalized spacial score (nSPS) is 17.9. The van der Waals surface area contributed by atoms with E-state index in [1.807, 2.05) is 0 Å². The summed E-state index contributed by atoms with van der Waals surface area (Å²) in [6.45, 7) is 6.66. The van der Waals surface area contributed by atoms with E-state index >= 15 is 0 Å². The summed E-state index contributed by atoms with van der Waals surface area (Å²) < 4.78 is 9.01. The van der Waals surface area contributed by atoms with Crippen LogP contribution in [-0.2, 0) is 17.6 Å². The first-order chi connectivity index (χ1) is 17.1. The van der Waals surface area contributed by atoms with E-state index in [1.54, 1.807) is 0 Å². The van der Waals surface area contributed by atoms with E-state index in [1.165, 1.54) is 82.7 Å². The summed E-state index contributed by atoms with van der Waals surface area (Å²) in [7, 11) is 0. The van der Waals surface area contributed by atoms with Crippen LogP contribution in [0.4, 0.5) is 0 Å². The zero-order valence-electron chi connectivity index (χ0n) is 20.7. The average Bonchev–Trinajstić information content (AvgIpc) is 2.88. The van der Waals surface area contributed by atoms with Crippen molar-refractivity contribution in [2.24, 2.45) is 0 Å². The largest absolute Gasteiger partial charge is 0.457 e. The fourth-order valence-electron chi connectivity index (χ4n) is 5.48. The topological polar surface area (TPSA) is 12.2 Å². The highest BCUT2D eigenvalue weighted by Gasteiger charge is 2.23. The molecule has 3 aliphatic heterocycles. The lowest BCUT2D eigenvalue weighted by Gasteiger charge is -2.19. The molecule has 3 heterocycles. The third-order valence-electron chi connectivity index (χ3n) is 7.33. The van der Waals surface area contributed by atoms with Gasteiger partial charge in [0.15, 0.2) is 0 Å². The summed E-state index contributed by atoms with van der Waals surface area (Å²) in [5.41, 5.74) is 9.01. The fraction of sp³-hybridized carbons (Fsp3) is 0.242. The maximum atomic E-state index is 6.41. The molecule has 3 aliphatic rings. The molecule has 3 aromatic rings. The van der Waals surface area contributed by atoms with E-state index in [0.29, 0.717) is 0 Å². The van der Waals surface area contributed by atoms with Gasteiger partial charge in [0.05, 0.1) is 0 Å². The molecule has 0 atom stereocenters. The maximum absolute atomic E-state index is 6.41. The van der Waals surface area contributed by atoms with Crippen LogP contribution in [-0.4, -0.2) is 13.1 Å². The number of hydrogen-bond acceptors (Lipinski definition) is 1. The quantitative estimate of drug-likeness (QED) is 0.472. The van der Waals surface area contributed by atoms with Crippen molar-refractivity contribution in [3.8, 4) is 0 Å². The molecule has 174 valence electrons. The zero-order valence-corrected chi connectivity index (χ0v) is 20.7. The van der Waals surface area contributed by atoms with Gasteiger partial charge in [-0.1, -0.05) is 65.7 Å². The monoisotopic (exact) mass is 458 g/mol. The second-order valence-electron chi connectivity index (χ2n) is 10.1. The van der Waals surface area contributed by atoms with Gasteiger partial charge in [-0.2, -0.15) is 0 Å². The molecule has 0 amide bonds. The second kappa shape index (κ2) is 9.19. The molecule has 0 saturated heterocycles. The molecule has 3 aromatic carbocycles. The molecule has 0 fully saturated rings. The molecule has 0 aliphatic carbocycles. The van der Waals surface area contributed by atoms with Crippen LogP contribution in [0.2, 0.25) is 0 Å². The van der Waals surface area contributed by atoms with Gasteiger partial charge < -0.3 is 4.74 Å². The van der Waals surface area contributed by atoms with Gasteiger partial charge in [0, 0.05) is 29.5 Å². The van der Waals surface area contributed by atoms with Gasteiger partial charge >= 0.3 is 0 Å². The predicted molar refractivity (Wildman–Crippen MR) is 145 cm³/mol. The minimum Gasteiger partial charge on any atom is -0.457 e. The molecule has 0 saturated carbocycles. The van der Waals surface area contributed by atoms with E-state index in [4.69, 9.17) is 4.74 Å². The van der Waals surface area contributed by atoms with Crippen LogP contribution in [0.15, 0.2) is 84.7 Å². The Morgan fingerprint density at radius 2 is 1.31 bits per heavy atom. The van der Waals surface area contributed by atoms with E-state index < -0.39 is 0 Å². The van der Waals surface area contributed by atoms with Crippen LogP contribution in [0.25, 0.3) is 17.4 Å². The molecule has 0 bridgehead atoms. The number of aryl methyl sites for hydroxylation is 4. The summed E-state index contributed by atoms with van der Waals surface area (Å²) in [6.07, 6.45) is 13.6. The van der Waals surface area contributed by atoms with Crippen LogP contribution in [0, 0.1) is 13.8 Å². The first-order valence-electron chi connectivity index (χ1n) is 12.8. The predicted octanol–water partition coefficient (Wildman–Crippen LogP) is 5.51. The van der Waals surface area contributed by atoms with E-state index in [2.05, 4.69) is 103 Å². The van der Waals surface area contributed by atoms with Crippen molar-refractivity contribution in [1.29, 1.82) is 0 Å². The Morgan fingerprint density at radius 1 is 0.714 bits per heavy atom. The van der Waals surface area contributed by atoms with E-state index in [9.17, 15) is 0 Å². The summed E-state index contributed by atoms with van der Waals surface area (Å²) in [5, 5.41) is 2.79. The summed E-state index contributed by atoms with van der Waals surface area (Å²) in [6, 6.07) is 22.1. The number of benzene rings is 3. The number of nitrogens with zero attached hydrogens (tertiary/aromatic N) is 1. The van der Waals surface area contributed by atoms with E-state index in [-0.39, 0.29) is 0 Å². The van der Waals surface area contributed by atoms with Crippen molar-refractivity contribution >= 4 is 17.4 Å². The van der Waals surface area contributed by atoms with Crippen molar-refractivity contribution < 1.29 is 4.74 Å². The van der Waals surface area contributed by atoms with Crippen LogP contribution >= 0.6 is 0 Å². The molecule has 2 nitrogen and oxygen atoms in total. The lowest BCUT2D eigenvalue weighted by molar-refractivity contribution is 0.399. The Labute approximate surface area is 207 Å². The zero-order chi connectivity index (χ0) is 23.8. The van der Waals surface area contributed by atoms with Gasteiger partial charge in [-0.25, -0.2) is 4.58 Å². The highest BCUT2D eigenvalue weighted by molar-refractivity contribution is 5.85. The number of rotatable bonds is 3. The highest BCUT2D eigenvalue weighted by atomic mass is 16.5. The molecular weight excluding hydrogens is 426 g/mol. The van der Waals surface area contributed by atoms with Crippen LogP contribution < -0.4 is 15.2 Å². The maximum Gasteiger partial charge on any atom is 0.206 e. The standard InChI is InChI=1S/C33H32NO/c1-23-7-12-26(13-8-23)30-21-31(35-32(22-30)27-14-9-24(2)10-15-27)16-11-25-19-28-5-3-17-34-18-4-6-29(20-25)33(28)34/h7-16,19-22H,3-6,17-18H2,1-2H3/q+1. The minimum absolute atomic E-state index is 0.867. The summed E-state index contributed by atoms with van der Waals surface area (Å²) >= 11 is 0. The van der Waals surface area contributed by atoms with Gasteiger partial charge in [0.25, 0.3) is 0 Å². The Kier molecular flexibility index (Phi) is 5.74. The first-order valence-corrected chi connectivity index (χ1v) is 12.8. The van der Waals surface area contributed by atoms with Crippen molar-refractivity contribution in [3.05, 3.63) is 129 Å². The van der Waals surface area contributed by atoms with Gasteiger partial charge in [0.2, 0.25) is 5.36 Å². The minimum atomic E-state index is 0.867. The molecule has 35 heavy (non-hydrogen) atoms. The molecule has 2 heteroatoms. The number of allylic oxidation sites excluding steroid dienone is 4. The molecule has 0 N–H and O–H groups in total. The van der Waals surface area contributed by atoms with Gasteiger partial charge in [0.1, 0.15) is 24.6 Å². The summed E-state index contributed by atoms with van der Waals surface area (Å²) in [5.74, 6) is 1.76. The molecule has 6 rings (SSSR count). The molecule has 0 unspecified atom stereocenters. The van der Waals surface area contributed by atoms with Gasteiger partial charge in [-0.15, -0.1) is 0 Å². The van der Waals surface area contributed by atoms with Crippen LogP contribution in [0.1, 0.15) is 46.2 Å². The third-order valence-corrected chi connectivity index (χ3v) is 7.33. The Balaban J connectivity index is 1.42. The van der Waals surface area contributed by atoms with Crippen molar-refractivity contribution in [3.63, 3.8) is 0 Å². The summed E-state index contributed by atoms with van der Waals surface area (Å²) in [4.78, 5) is 0. The number of ether oxygens (including phenoxy) is 1. The third kappa shape index (κ3) is 4.53. The van der Waals surface area contributed by atoms with Crippen LogP contribution in [0.5, 0.6) is 0 Å². The molecular formula is C33H32NO+. The Hall–Kier alpha value is -3.65. The Morgan fingerprint density at radius 3 is 1.94 bits per heavy atom. The fourth-order valence-corrected chi connectivity index (χ4v) is 5.48. The first kappa shape index (κ1) is 21.9. The lowest BCUT2D eigenvalue weighted by atomic mass is 9.95. The molecule has 0 aromatic heterocycles. The van der Waals surface area contributed by atoms with Gasteiger partial charge in [-0.05, 0) is 73.4 Å². The molecule has 0 radical (unpaired) electrons. The van der Waals surface area contributed by atoms with Crippen LogP contribution in [0.3, 0.4) is 0 Å². The SMILES string of the molecule is Cc1ccc(C2=CC(=CC=c3cc4c5c(c3)CCC[N+]=5CCC4)OC(c3ccc(C)cc3)=C2)cc1. The lowest BCUT2D eigenvalue weighted by Crippen LogP contribution is -2.44. The van der Waals surface area contributed by atoms with Crippen molar-refractivity contribution in [1.82, 2.24) is 4.58 Å².